The summed E-state index contributed by atoms with van der Waals surface area (Å²) in [5.74, 6) is 0.493. The minimum atomic E-state index is -0.0913. The molecule has 1 aliphatic rings. The van der Waals surface area contributed by atoms with Crippen molar-refractivity contribution >= 4 is 11.6 Å². The zero-order valence-electron chi connectivity index (χ0n) is 10.7. The van der Waals surface area contributed by atoms with E-state index in [0.717, 1.165) is 31.6 Å². The van der Waals surface area contributed by atoms with E-state index >= 15 is 0 Å². The van der Waals surface area contributed by atoms with Crippen LogP contribution in [0.4, 0.5) is 5.69 Å². The average Bonchev–Trinajstić information content (AvgIpc) is 2.81. The topological polar surface area (TPSA) is 64.3 Å². The summed E-state index contributed by atoms with van der Waals surface area (Å²) in [6.07, 6.45) is 2.07. The average molecular weight is 248 g/mol. The highest BCUT2D eigenvalue weighted by Gasteiger charge is 2.16. The maximum atomic E-state index is 11.9. The molecule has 1 amide bonds. The number of nitrogens with one attached hydrogen (secondary N) is 1. The molecular weight excluding hydrogens is 228 g/mol. The predicted octanol–water partition coefficient (Wildman–Crippen LogP) is 1.73. The van der Waals surface area contributed by atoms with E-state index in [1.54, 1.807) is 6.07 Å². The molecule has 4 heteroatoms. The summed E-state index contributed by atoms with van der Waals surface area (Å²) in [7, 11) is 0. The normalized spacial score (nSPS) is 18.8. The van der Waals surface area contributed by atoms with E-state index in [4.69, 9.17) is 10.5 Å². The number of amides is 1. The van der Waals surface area contributed by atoms with E-state index < -0.39 is 0 Å². The molecule has 1 aromatic carbocycles. The van der Waals surface area contributed by atoms with Gasteiger partial charge in [0.25, 0.3) is 5.91 Å². The molecule has 1 saturated heterocycles. The number of hydrogen-bond acceptors (Lipinski definition) is 3. The first-order valence-electron chi connectivity index (χ1n) is 6.39. The minimum Gasteiger partial charge on any atom is -0.398 e. The molecule has 98 valence electrons. The SMILES string of the molecule is Cc1ccc(C(=O)NCCC2CCOC2)c(N)c1. The summed E-state index contributed by atoms with van der Waals surface area (Å²) in [5, 5.41) is 2.91. The van der Waals surface area contributed by atoms with Gasteiger partial charge in [0.1, 0.15) is 0 Å². The number of hydrogen-bond donors (Lipinski definition) is 2. The summed E-state index contributed by atoms with van der Waals surface area (Å²) in [5.41, 5.74) is 7.99. The van der Waals surface area contributed by atoms with Crippen LogP contribution in [0, 0.1) is 12.8 Å². The van der Waals surface area contributed by atoms with Crippen molar-refractivity contribution in [2.75, 3.05) is 25.5 Å². The first-order chi connectivity index (χ1) is 8.66. The lowest BCUT2D eigenvalue weighted by Gasteiger charge is -2.10. The van der Waals surface area contributed by atoms with E-state index in [1.807, 2.05) is 19.1 Å². The fourth-order valence-corrected chi connectivity index (χ4v) is 2.18. The Labute approximate surface area is 108 Å². The number of ether oxygens (including phenoxy) is 1. The van der Waals surface area contributed by atoms with Gasteiger partial charge in [-0.1, -0.05) is 6.07 Å². The van der Waals surface area contributed by atoms with Gasteiger partial charge in [-0.05, 0) is 43.4 Å². The molecule has 2 rings (SSSR count). The lowest BCUT2D eigenvalue weighted by Crippen LogP contribution is -2.26. The third kappa shape index (κ3) is 3.23. The molecule has 0 spiro atoms. The zero-order chi connectivity index (χ0) is 13.0. The molecular formula is C14H20N2O2. The minimum absolute atomic E-state index is 0.0913. The van der Waals surface area contributed by atoms with Crippen LogP contribution in [0.15, 0.2) is 18.2 Å². The van der Waals surface area contributed by atoms with Crippen LogP contribution in [0.25, 0.3) is 0 Å². The summed E-state index contributed by atoms with van der Waals surface area (Å²) in [4.78, 5) is 11.9. The van der Waals surface area contributed by atoms with Crippen LogP contribution in [0.1, 0.15) is 28.8 Å². The highest BCUT2D eigenvalue weighted by Crippen LogP contribution is 2.16. The van der Waals surface area contributed by atoms with Gasteiger partial charge in [-0.3, -0.25) is 4.79 Å². The Morgan fingerprint density at radius 2 is 2.39 bits per heavy atom. The molecule has 0 aromatic heterocycles. The van der Waals surface area contributed by atoms with Crippen LogP contribution in [0.5, 0.6) is 0 Å². The monoisotopic (exact) mass is 248 g/mol. The standard InChI is InChI=1S/C14H20N2O2/c1-10-2-3-12(13(15)8-10)14(17)16-6-4-11-5-7-18-9-11/h2-3,8,11H,4-7,9,15H2,1H3,(H,16,17). The number of carbonyl (C=O) groups is 1. The Hall–Kier alpha value is -1.55. The Morgan fingerprint density at radius 1 is 1.56 bits per heavy atom. The first kappa shape index (κ1) is 12.9. The van der Waals surface area contributed by atoms with Crippen molar-refractivity contribution in [3.05, 3.63) is 29.3 Å². The second-order valence-corrected chi connectivity index (χ2v) is 4.86. The molecule has 0 bridgehead atoms. The van der Waals surface area contributed by atoms with Crippen LogP contribution >= 0.6 is 0 Å². The summed E-state index contributed by atoms with van der Waals surface area (Å²) < 4.78 is 5.30. The zero-order valence-corrected chi connectivity index (χ0v) is 10.7. The number of anilines is 1. The molecule has 1 atom stereocenters. The van der Waals surface area contributed by atoms with Crippen molar-refractivity contribution in [1.82, 2.24) is 5.32 Å². The van der Waals surface area contributed by atoms with E-state index in [-0.39, 0.29) is 5.91 Å². The smallest absolute Gasteiger partial charge is 0.253 e. The highest BCUT2D eigenvalue weighted by molar-refractivity contribution is 5.99. The van der Waals surface area contributed by atoms with Crippen LogP contribution < -0.4 is 11.1 Å². The molecule has 1 aliphatic heterocycles. The molecule has 4 nitrogen and oxygen atoms in total. The number of carbonyl (C=O) groups excluding carboxylic acids is 1. The second-order valence-electron chi connectivity index (χ2n) is 4.86. The molecule has 0 aliphatic carbocycles. The molecule has 3 N–H and O–H groups in total. The number of rotatable bonds is 4. The van der Waals surface area contributed by atoms with Crippen LogP contribution in [-0.4, -0.2) is 25.7 Å². The van der Waals surface area contributed by atoms with Gasteiger partial charge >= 0.3 is 0 Å². The van der Waals surface area contributed by atoms with Gasteiger partial charge in [0, 0.05) is 25.4 Å². The number of benzene rings is 1. The third-order valence-electron chi connectivity index (χ3n) is 3.31. The number of nitrogens with two attached hydrogens (primary N) is 1. The third-order valence-corrected chi connectivity index (χ3v) is 3.31. The molecule has 1 aromatic rings. The molecule has 0 saturated carbocycles. The van der Waals surface area contributed by atoms with Crippen LogP contribution in [0.3, 0.4) is 0 Å². The quantitative estimate of drug-likeness (QED) is 0.798. The molecule has 1 fully saturated rings. The highest BCUT2D eigenvalue weighted by atomic mass is 16.5. The Bertz CT molecular complexity index is 426. The Balaban J connectivity index is 1.83. The van der Waals surface area contributed by atoms with Gasteiger partial charge in [0.2, 0.25) is 0 Å². The molecule has 0 radical (unpaired) electrons. The van der Waals surface area contributed by atoms with E-state index in [0.29, 0.717) is 23.7 Å². The molecule has 18 heavy (non-hydrogen) atoms. The molecule has 1 heterocycles. The van der Waals surface area contributed by atoms with Gasteiger partial charge in [0.15, 0.2) is 0 Å². The van der Waals surface area contributed by atoms with E-state index in [1.165, 1.54) is 0 Å². The summed E-state index contributed by atoms with van der Waals surface area (Å²) >= 11 is 0. The van der Waals surface area contributed by atoms with Crippen molar-refractivity contribution < 1.29 is 9.53 Å². The van der Waals surface area contributed by atoms with Gasteiger partial charge in [-0.25, -0.2) is 0 Å². The molecule has 1 unspecified atom stereocenters. The fourth-order valence-electron chi connectivity index (χ4n) is 2.18. The Morgan fingerprint density at radius 3 is 3.06 bits per heavy atom. The van der Waals surface area contributed by atoms with Gasteiger partial charge < -0.3 is 15.8 Å². The van der Waals surface area contributed by atoms with Crippen molar-refractivity contribution in [2.45, 2.75) is 19.8 Å². The largest absolute Gasteiger partial charge is 0.398 e. The van der Waals surface area contributed by atoms with Gasteiger partial charge in [0.05, 0.1) is 5.56 Å². The van der Waals surface area contributed by atoms with Crippen molar-refractivity contribution in [3.63, 3.8) is 0 Å². The van der Waals surface area contributed by atoms with Crippen LogP contribution in [-0.2, 0) is 4.74 Å². The maximum absolute atomic E-state index is 11.9. The lowest BCUT2D eigenvalue weighted by atomic mass is 10.1. The second kappa shape index (κ2) is 5.87. The van der Waals surface area contributed by atoms with Crippen molar-refractivity contribution in [1.29, 1.82) is 0 Å². The van der Waals surface area contributed by atoms with E-state index in [2.05, 4.69) is 5.32 Å². The first-order valence-corrected chi connectivity index (χ1v) is 6.39. The number of aryl methyl sites for hydroxylation is 1. The lowest BCUT2D eigenvalue weighted by molar-refractivity contribution is 0.0951. The summed E-state index contributed by atoms with van der Waals surface area (Å²) in [6.45, 7) is 4.31. The van der Waals surface area contributed by atoms with E-state index in [9.17, 15) is 4.79 Å². The predicted molar refractivity (Wildman–Crippen MR) is 71.5 cm³/mol. The maximum Gasteiger partial charge on any atom is 0.253 e. The fraction of sp³-hybridized carbons (Fsp3) is 0.500. The van der Waals surface area contributed by atoms with Crippen molar-refractivity contribution in [3.8, 4) is 0 Å². The number of nitrogen functional groups attached to an aromatic ring is 1. The Kier molecular flexibility index (Phi) is 4.20. The van der Waals surface area contributed by atoms with Crippen LogP contribution in [0.2, 0.25) is 0 Å². The van der Waals surface area contributed by atoms with Gasteiger partial charge in [-0.2, -0.15) is 0 Å². The van der Waals surface area contributed by atoms with Gasteiger partial charge in [-0.15, -0.1) is 0 Å². The summed E-state index contributed by atoms with van der Waals surface area (Å²) in [6, 6.07) is 5.49. The van der Waals surface area contributed by atoms with Crippen molar-refractivity contribution in [2.24, 2.45) is 5.92 Å².